The molecule has 0 saturated carbocycles. The fourth-order valence-electron chi connectivity index (χ4n) is 1.77. The van der Waals surface area contributed by atoms with E-state index < -0.39 is 0 Å². The Morgan fingerprint density at radius 2 is 2.19 bits per heavy atom. The van der Waals surface area contributed by atoms with E-state index in [9.17, 15) is 4.79 Å². The van der Waals surface area contributed by atoms with E-state index in [4.69, 9.17) is 5.11 Å². The van der Waals surface area contributed by atoms with Gasteiger partial charge in [-0.3, -0.25) is 9.78 Å². The van der Waals surface area contributed by atoms with Crippen molar-refractivity contribution in [2.24, 2.45) is 0 Å². The minimum atomic E-state index is -0.0294. The van der Waals surface area contributed by atoms with Gasteiger partial charge in [-0.05, 0) is 23.8 Å². The highest BCUT2D eigenvalue weighted by Gasteiger charge is 2.13. The highest BCUT2D eigenvalue weighted by Crippen LogP contribution is 2.16. The van der Waals surface area contributed by atoms with Crippen molar-refractivity contribution in [1.82, 2.24) is 9.88 Å². The lowest BCUT2D eigenvalue weighted by Gasteiger charge is -2.16. The third-order valence-corrected chi connectivity index (χ3v) is 3.66. The zero-order valence-electron chi connectivity index (χ0n) is 11.7. The molecule has 0 aliphatic carbocycles. The first-order valence-electron chi connectivity index (χ1n) is 6.53. The van der Waals surface area contributed by atoms with Gasteiger partial charge in [0, 0.05) is 37.8 Å². The predicted molar refractivity (Wildman–Crippen MR) is 82.9 cm³/mol. The van der Waals surface area contributed by atoms with Gasteiger partial charge in [0.1, 0.15) is 0 Å². The van der Waals surface area contributed by atoms with E-state index in [1.54, 1.807) is 30.4 Å². The van der Waals surface area contributed by atoms with E-state index in [2.05, 4.69) is 16.8 Å². The average molecular weight is 300 g/mol. The van der Waals surface area contributed by atoms with Crippen LogP contribution in [0.2, 0.25) is 0 Å². The van der Waals surface area contributed by atoms with Crippen LogP contribution in [0.1, 0.15) is 27.2 Å². The quantitative estimate of drug-likeness (QED) is 0.880. The Hall–Kier alpha value is -2.16. The van der Waals surface area contributed by atoms with Gasteiger partial charge in [0.05, 0.1) is 17.0 Å². The molecule has 0 radical (unpaired) electrons. The topological polar surface area (TPSA) is 53.4 Å². The lowest BCUT2D eigenvalue weighted by molar-refractivity contribution is 0.0785. The number of carbonyl (C=O) groups is 1. The summed E-state index contributed by atoms with van der Waals surface area (Å²) < 4.78 is 0. The summed E-state index contributed by atoms with van der Waals surface area (Å²) in [5.74, 6) is 5.76. The molecule has 108 valence electrons. The second-order valence-electron chi connectivity index (χ2n) is 4.49. The molecule has 0 spiro atoms. The molecule has 0 saturated heterocycles. The van der Waals surface area contributed by atoms with Gasteiger partial charge < -0.3 is 10.0 Å². The fraction of sp³-hybridized carbons (Fsp3) is 0.250. The van der Waals surface area contributed by atoms with Gasteiger partial charge in [-0.1, -0.05) is 11.8 Å². The summed E-state index contributed by atoms with van der Waals surface area (Å²) in [5.41, 5.74) is 1.68. The van der Waals surface area contributed by atoms with Gasteiger partial charge in [-0.25, -0.2) is 0 Å². The van der Waals surface area contributed by atoms with Crippen molar-refractivity contribution in [3.8, 4) is 11.8 Å². The molecule has 21 heavy (non-hydrogen) atoms. The molecule has 0 unspecified atom stereocenters. The molecule has 2 rings (SSSR count). The number of hydrogen-bond donors (Lipinski definition) is 1. The van der Waals surface area contributed by atoms with Crippen LogP contribution in [0.25, 0.3) is 0 Å². The van der Waals surface area contributed by atoms with Crippen LogP contribution in [0.15, 0.2) is 36.0 Å². The molecule has 2 aromatic rings. The number of aromatic nitrogens is 1. The number of hydrogen-bond acceptors (Lipinski definition) is 4. The van der Waals surface area contributed by atoms with Crippen LogP contribution in [0.5, 0.6) is 0 Å². The van der Waals surface area contributed by atoms with Gasteiger partial charge in [-0.2, -0.15) is 0 Å². The van der Waals surface area contributed by atoms with E-state index in [0.717, 1.165) is 10.4 Å². The van der Waals surface area contributed by atoms with E-state index in [1.807, 2.05) is 17.5 Å². The summed E-state index contributed by atoms with van der Waals surface area (Å²) >= 11 is 1.44. The number of nitrogens with zero attached hydrogens (tertiary/aromatic N) is 2. The molecule has 0 atom stereocenters. The Bertz CT molecular complexity index is 656. The van der Waals surface area contributed by atoms with Gasteiger partial charge in [0.15, 0.2) is 0 Å². The van der Waals surface area contributed by atoms with Crippen molar-refractivity contribution in [3.63, 3.8) is 0 Å². The lowest BCUT2D eigenvalue weighted by Crippen LogP contribution is -2.25. The van der Waals surface area contributed by atoms with Crippen LogP contribution >= 0.6 is 11.3 Å². The minimum absolute atomic E-state index is 0.0294. The summed E-state index contributed by atoms with van der Waals surface area (Å²) in [5, 5.41) is 10.5. The van der Waals surface area contributed by atoms with E-state index >= 15 is 0 Å². The van der Waals surface area contributed by atoms with E-state index in [0.29, 0.717) is 18.5 Å². The van der Waals surface area contributed by atoms with Gasteiger partial charge in [-0.15, -0.1) is 11.3 Å². The molecule has 0 aliphatic heterocycles. The normalized spacial score (nSPS) is 9.81. The van der Waals surface area contributed by atoms with Crippen LogP contribution in [0.3, 0.4) is 0 Å². The molecule has 2 heterocycles. The largest absolute Gasteiger partial charge is 0.395 e. The number of carbonyl (C=O) groups excluding carboxylic acids is 1. The average Bonchev–Trinajstić information content (AvgIpc) is 2.96. The summed E-state index contributed by atoms with van der Waals surface area (Å²) in [7, 11) is 1.78. The SMILES string of the molecule is CN(Cc1ccncc1)C(=O)c1csc(C#CCCO)c1. The van der Waals surface area contributed by atoms with Crippen LogP contribution < -0.4 is 0 Å². The number of aliphatic hydroxyl groups excluding tert-OH is 1. The molecule has 0 aromatic carbocycles. The van der Waals surface area contributed by atoms with Crippen LogP contribution in [-0.4, -0.2) is 34.6 Å². The maximum Gasteiger partial charge on any atom is 0.254 e. The Morgan fingerprint density at radius 3 is 2.90 bits per heavy atom. The summed E-state index contributed by atoms with van der Waals surface area (Å²) in [6.45, 7) is 0.599. The zero-order valence-corrected chi connectivity index (χ0v) is 12.6. The Labute approximate surface area is 128 Å². The first-order valence-corrected chi connectivity index (χ1v) is 7.41. The summed E-state index contributed by atoms with van der Waals surface area (Å²) in [6, 6.07) is 5.58. The fourth-order valence-corrected chi connectivity index (χ4v) is 2.52. The summed E-state index contributed by atoms with van der Waals surface area (Å²) in [4.78, 5) is 18.8. The van der Waals surface area contributed by atoms with Crippen molar-refractivity contribution in [1.29, 1.82) is 0 Å². The maximum absolute atomic E-state index is 12.3. The molecule has 5 heteroatoms. The second-order valence-corrected chi connectivity index (χ2v) is 5.40. The number of aliphatic hydroxyl groups is 1. The molecular weight excluding hydrogens is 284 g/mol. The minimum Gasteiger partial charge on any atom is -0.395 e. The van der Waals surface area contributed by atoms with Crippen molar-refractivity contribution in [2.45, 2.75) is 13.0 Å². The molecule has 0 fully saturated rings. The zero-order chi connectivity index (χ0) is 15.1. The molecule has 1 N–H and O–H groups in total. The van der Waals surface area contributed by atoms with Crippen molar-refractivity contribution in [3.05, 3.63) is 52.0 Å². The molecule has 4 nitrogen and oxygen atoms in total. The second kappa shape index (κ2) is 7.58. The third kappa shape index (κ3) is 4.42. The smallest absolute Gasteiger partial charge is 0.254 e. The Morgan fingerprint density at radius 1 is 1.43 bits per heavy atom. The molecule has 1 amide bonds. The molecule has 0 bridgehead atoms. The number of amides is 1. The first kappa shape index (κ1) is 15.2. The van der Waals surface area contributed by atoms with Crippen LogP contribution in [0, 0.1) is 11.8 Å². The van der Waals surface area contributed by atoms with Gasteiger partial charge in [0.25, 0.3) is 5.91 Å². The van der Waals surface area contributed by atoms with Crippen LogP contribution in [-0.2, 0) is 6.54 Å². The predicted octanol–water partition coefficient (Wildman–Crippen LogP) is 2.15. The van der Waals surface area contributed by atoms with E-state index in [1.165, 1.54) is 11.3 Å². The molecule has 2 aromatic heterocycles. The Kier molecular flexibility index (Phi) is 5.50. The molecule has 0 aliphatic rings. The van der Waals surface area contributed by atoms with Gasteiger partial charge in [0.2, 0.25) is 0 Å². The van der Waals surface area contributed by atoms with Gasteiger partial charge >= 0.3 is 0 Å². The van der Waals surface area contributed by atoms with E-state index in [-0.39, 0.29) is 12.5 Å². The number of rotatable bonds is 4. The molecular formula is C16H16N2O2S. The summed E-state index contributed by atoms with van der Waals surface area (Å²) in [6.07, 6.45) is 3.88. The highest BCUT2D eigenvalue weighted by molar-refractivity contribution is 7.10. The van der Waals surface area contributed by atoms with Crippen LogP contribution in [0.4, 0.5) is 0 Å². The van der Waals surface area contributed by atoms with Crippen molar-refractivity contribution in [2.75, 3.05) is 13.7 Å². The first-order chi connectivity index (χ1) is 10.2. The lowest BCUT2D eigenvalue weighted by atomic mass is 10.2. The number of thiophene rings is 1. The monoisotopic (exact) mass is 300 g/mol. The van der Waals surface area contributed by atoms with Crippen molar-refractivity contribution >= 4 is 17.2 Å². The highest BCUT2D eigenvalue weighted by atomic mass is 32.1. The van der Waals surface area contributed by atoms with Crippen molar-refractivity contribution < 1.29 is 9.90 Å². The standard InChI is InChI=1S/C16H16N2O2S/c1-18(11-13-5-7-17-8-6-13)16(20)14-10-15(21-12-14)4-2-3-9-19/h5-8,10,12,19H,3,9,11H2,1H3. The third-order valence-electron chi connectivity index (χ3n) is 2.81. The maximum atomic E-state index is 12.3. The number of pyridine rings is 1. The Balaban J connectivity index is 2.01.